The Hall–Kier alpha value is -6.51. The van der Waals surface area contributed by atoms with Crippen LogP contribution >= 0.6 is 0 Å². The van der Waals surface area contributed by atoms with Crippen molar-refractivity contribution in [2.45, 2.75) is 10.8 Å². The van der Waals surface area contributed by atoms with Crippen LogP contribution in [0.5, 0.6) is 5.75 Å². The molecule has 0 aliphatic heterocycles. The number of pyridine rings is 1. The zero-order valence-electron chi connectivity index (χ0n) is 27.7. The van der Waals surface area contributed by atoms with Crippen LogP contribution in [0.4, 0.5) is 0 Å². The normalized spacial score (nSPS) is 14.7. The summed E-state index contributed by atoms with van der Waals surface area (Å²) in [7, 11) is 0. The fourth-order valence-electron chi connectivity index (χ4n) is 10.1. The van der Waals surface area contributed by atoms with Crippen molar-refractivity contribution in [1.82, 2.24) is 4.98 Å². The number of phenols is 1. The second kappa shape index (κ2) is 10.3. The number of aromatic hydroxyl groups is 1. The number of phenolic OH excluding ortho intramolecular Hbond substituents is 1. The molecule has 3 aliphatic rings. The minimum absolute atomic E-state index is 0.276. The zero-order chi connectivity index (χ0) is 33.7. The van der Waals surface area contributed by atoms with E-state index < -0.39 is 10.8 Å². The molecule has 2 spiro atoms. The SMILES string of the molecule is Oc1ccc2c(c1-c1ccccc1)C1(c3ccccc3C3(c4ccccc4-c4ccccc43)c3ccccc31)c1c(-c3ccccn3)cccc1-2. The van der Waals surface area contributed by atoms with Crippen molar-refractivity contribution in [1.29, 1.82) is 0 Å². The van der Waals surface area contributed by atoms with Gasteiger partial charge in [-0.15, -0.1) is 0 Å². The van der Waals surface area contributed by atoms with Crippen molar-refractivity contribution in [3.63, 3.8) is 0 Å². The topological polar surface area (TPSA) is 33.1 Å². The van der Waals surface area contributed by atoms with Gasteiger partial charge < -0.3 is 5.11 Å². The molecule has 3 aliphatic carbocycles. The first-order chi connectivity index (χ1) is 25.3. The standard InChI is InChI=1S/C49H31NO/c51-44-29-28-35-34-19-14-20-36(43-27-12-13-30-50-43)46(34)49(47(35)45(44)31-15-2-1-3-16-31)41-25-10-8-23-39(41)48(40-24-9-11-26-42(40)49)37-21-6-4-17-32(37)33-18-5-7-22-38(33)48/h1-30,51H. The minimum Gasteiger partial charge on any atom is -0.507 e. The first-order valence-electron chi connectivity index (χ1n) is 17.6. The Bertz CT molecular complexity index is 2610. The van der Waals surface area contributed by atoms with E-state index in [2.05, 4.69) is 158 Å². The van der Waals surface area contributed by atoms with Gasteiger partial charge in [-0.2, -0.15) is 0 Å². The van der Waals surface area contributed by atoms with E-state index in [1.165, 1.54) is 50.1 Å². The fourth-order valence-corrected chi connectivity index (χ4v) is 10.1. The highest BCUT2D eigenvalue weighted by Crippen LogP contribution is 2.69. The molecule has 1 N–H and O–H groups in total. The van der Waals surface area contributed by atoms with Gasteiger partial charge in [-0.1, -0.05) is 158 Å². The molecule has 11 rings (SSSR count). The van der Waals surface area contributed by atoms with E-state index in [1.807, 2.05) is 24.4 Å². The Morgan fingerprint density at radius 3 is 1.45 bits per heavy atom. The van der Waals surface area contributed by atoms with E-state index in [0.29, 0.717) is 0 Å². The van der Waals surface area contributed by atoms with E-state index >= 15 is 0 Å². The molecule has 1 heterocycles. The highest BCUT2D eigenvalue weighted by atomic mass is 16.3. The summed E-state index contributed by atoms with van der Waals surface area (Å²) in [4.78, 5) is 4.96. The van der Waals surface area contributed by atoms with Crippen molar-refractivity contribution >= 4 is 0 Å². The van der Waals surface area contributed by atoms with Crippen LogP contribution in [0.2, 0.25) is 0 Å². The van der Waals surface area contributed by atoms with E-state index in [1.54, 1.807) is 0 Å². The Morgan fingerprint density at radius 2 is 0.843 bits per heavy atom. The summed E-state index contributed by atoms with van der Waals surface area (Å²) in [6.07, 6.45) is 1.88. The molecule has 0 atom stereocenters. The summed E-state index contributed by atoms with van der Waals surface area (Å²) < 4.78 is 0. The molecule has 0 bridgehead atoms. The molecule has 2 nitrogen and oxygen atoms in total. The van der Waals surface area contributed by atoms with Crippen molar-refractivity contribution in [2.75, 3.05) is 0 Å². The maximum absolute atomic E-state index is 12.1. The van der Waals surface area contributed by atoms with E-state index in [0.717, 1.165) is 39.1 Å². The van der Waals surface area contributed by atoms with Gasteiger partial charge in [0, 0.05) is 17.3 Å². The van der Waals surface area contributed by atoms with E-state index in [9.17, 15) is 5.11 Å². The van der Waals surface area contributed by atoms with E-state index in [-0.39, 0.29) is 5.75 Å². The number of hydrogen-bond donors (Lipinski definition) is 1. The second-order valence-corrected chi connectivity index (χ2v) is 13.9. The van der Waals surface area contributed by atoms with Crippen LogP contribution in [0.15, 0.2) is 182 Å². The summed E-state index contributed by atoms with van der Waals surface area (Å²) in [5, 5.41) is 12.1. The Balaban J connectivity index is 1.39. The average Bonchev–Trinajstić information content (AvgIpc) is 3.66. The third-order valence-corrected chi connectivity index (χ3v) is 11.7. The highest BCUT2D eigenvalue weighted by molar-refractivity contribution is 6.00. The largest absolute Gasteiger partial charge is 0.507 e. The van der Waals surface area contributed by atoms with Crippen LogP contribution in [0.25, 0.3) is 44.6 Å². The number of aromatic nitrogens is 1. The highest BCUT2D eigenvalue weighted by Gasteiger charge is 2.60. The lowest BCUT2D eigenvalue weighted by molar-refractivity contribution is 0.476. The summed E-state index contributed by atoms with van der Waals surface area (Å²) in [5.41, 5.74) is 17.3. The molecule has 0 saturated carbocycles. The van der Waals surface area contributed by atoms with E-state index in [4.69, 9.17) is 4.98 Å². The van der Waals surface area contributed by atoms with Gasteiger partial charge in [-0.25, -0.2) is 0 Å². The molecular weight excluding hydrogens is 619 g/mol. The molecule has 0 fully saturated rings. The number of hydrogen-bond acceptors (Lipinski definition) is 2. The van der Waals surface area contributed by atoms with Crippen LogP contribution in [0, 0.1) is 0 Å². The quantitative estimate of drug-likeness (QED) is 0.202. The summed E-state index contributed by atoms with van der Waals surface area (Å²) in [6, 6.07) is 63.4. The van der Waals surface area contributed by atoms with Crippen molar-refractivity contribution in [2.24, 2.45) is 0 Å². The maximum Gasteiger partial charge on any atom is 0.123 e. The molecule has 7 aromatic carbocycles. The van der Waals surface area contributed by atoms with Crippen LogP contribution < -0.4 is 0 Å². The van der Waals surface area contributed by atoms with Crippen molar-refractivity contribution in [3.05, 3.63) is 227 Å². The monoisotopic (exact) mass is 649 g/mol. The Morgan fingerprint density at radius 1 is 0.353 bits per heavy atom. The summed E-state index contributed by atoms with van der Waals surface area (Å²) in [6.45, 7) is 0. The van der Waals surface area contributed by atoms with Gasteiger partial charge in [-0.3, -0.25) is 4.98 Å². The fraction of sp³-hybridized carbons (Fsp3) is 0.0408. The first-order valence-corrected chi connectivity index (χ1v) is 17.6. The molecule has 0 radical (unpaired) electrons. The van der Waals surface area contributed by atoms with Gasteiger partial charge in [0.25, 0.3) is 0 Å². The lowest BCUT2D eigenvalue weighted by atomic mass is 9.51. The minimum atomic E-state index is -0.784. The zero-order valence-corrected chi connectivity index (χ0v) is 27.7. The van der Waals surface area contributed by atoms with Crippen LogP contribution in [-0.4, -0.2) is 10.1 Å². The number of benzene rings is 7. The van der Waals surface area contributed by atoms with Gasteiger partial charge in [0.2, 0.25) is 0 Å². The third-order valence-electron chi connectivity index (χ3n) is 11.7. The van der Waals surface area contributed by atoms with Gasteiger partial charge >= 0.3 is 0 Å². The predicted molar refractivity (Wildman–Crippen MR) is 205 cm³/mol. The summed E-state index contributed by atoms with van der Waals surface area (Å²) in [5.74, 6) is 0.276. The lowest BCUT2D eigenvalue weighted by Crippen LogP contribution is -2.44. The van der Waals surface area contributed by atoms with Gasteiger partial charge in [0.15, 0.2) is 0 Å². The van der Waals surface area contributed by atoms with Gasteiger partial charge in [-0.05, 0) is 90.5 Å². The van der Waals surface area contributed by atoms with Crippen molar-refractivity contribution in [3.8, 4) is 50.4 Å². The van der Waals surface area contributed by atoms with Gasteiger partial charge in [0.05, 0.1) is 16.5 Å². The number of fused-ring (bicyclic) bond motifs is 16. The average molecular weight is 650 g/mol. The molecule has 1 aromatic heterocycles. The predicted octanol–water partition coefficient (Wildman–Crippen LogP) is 11.2. The molecule has 8 aromatic rings. The third kappa shape index (κ3) is 3.40. The number of rotatable bonds is 2. The molecular formula is C49H31NO. The van der Waals surface area contributed by atoms with Crippen molar-refractivity contribution < 1.29 is 5.11 Å². The van der Waals surface area contributed by atoms with Crippen LogP contribution in [-0.2, 0) is 10.8 Å². The van der Waals surface area contributed by atoms with Crippen LogP contribution in [0.1, 0.15) is 44.5 Å². The second-order valence-electron chi connectivity index (χ2n) is 13.9. The first kappa shape index (κ1) is 28.3. The summed E-state index contributed by atoms with van der Waals surface area (Å²) >= 11 is 0. The molecule has 51 heavy (non-hydrogen) atoms. The Kier molecular flexibility index (Phi) is 5.70. The van der Waals surface area contributed by atoms with Crippen LogP contribution in [0.3, 0.4) is 0 Å². The lowest BCUT2D eigenvalue weighted by Gasteiger charge is -2.49. The molecule has 0 saturated heterocycles. The number of nitrogens with zero attached hydrogens (tertiary/aromatic N) is 1. The smallest absolute Gasteiger partial charge is 0.123 e. The molecule has 238 valence electrons. The Labute approximate surface area is 297 Å². The van der Waals surface area contributed by atoms with Gasteiger partial charge in [0.1, 0.15) is 5.75 Å². The molecule has 0 amide bonds. The maximum atomic E-state index is 12.1. The molecule has 0 unspecified atom stereocenters. The molecule has 2 heteroatoms.